The van der Waals surface area contributed by atoms with Crippen LogP contribution in [0.1, 0.15) is 188 Å². The van der Waals surface area contributed by atoms with Crippen molar-refractivity contribution in [3.05, 3.63) is 0 Å². The first-order chi connectivity index (χ1) is 17.1. The molecule has 0 amide bonds. The minimum absolute atomic E-state index is 0.510. The lowest BCUT2D eigenvalue weighted by molar-refractivity contribution is 0.0398. The van der Waals surface area contributed by atoms with Crippen LogP contribution in [0.2, 0.25) is 0 Å². The van der Waals surface area contributed by atoms with Crippen molar-refractivity contribution >= 4 is 11.2 Å². The van der Waals surface area contributed by atoms with E-state index in [1.807, 2.05) is 0 Å². The molecule has 0 radical (unpaired) electrons. The van der Waals surface area contributed by atoms with E-state index in [0.29, 0.717) is 5.75 Å². The van der Waals surface area contributed by atoms with Crippen molar-refractivity contribution in [2.24, 2.45) is 0 Å². The van der Waals surface area contributed by atoms with Crippen LogP contribution in [0.5, 0.6) is 0 Å². The maximum Gasteiger partial charge on any atom is 0.134 e. The van der Waals surface area contributed by atoms with E-state index >= 15 is 0 Å². The molecule has 3 heteroatoms. The fourth-order valence-corrected chi connectivity index (χ4v) is 6.77. The van der Waals surface area contributed by atoms with Crippen molar-refractivity contribution in [2.75, 3.05) is 11.5 Å². The van der Waals surface area contributed by atoms with Gasteiger partial charge in [0.1, 0.15) is 17.1 Å². The van der Waals surface area contributed by atoms with Gasteiger partial charge < -0.3 is 9.66 Å². The summed E-state index contributed by atoms with van der Waals surface area (Å²) in [6, 6.07) is 0. The molecule has 0 aromatic heterocycles. The minimum atomic E-state index is -0.875. The second kappa shape index (κ2) is 27.3. The van der Waals surface area contributed by atoms with Crippen LogP contribution >= 0.6 is 0 Å². The third-order valence-electron chi connectivity index (χ3n) is 7.65. The van der Waals surface area contributed by atoms with Crippen molar-refractivity contribution in [3.8, 4) is 0 Å². The average molecular weight is 515 g/mol. The normalized spacial score (nSPS) is 14.3. The molecule has 212 valence electrons. The molecule has 0 aliphatic heterocycles. The smallest absolute Gasteiger partial charge is 0.134 e. The van der Waals surface area contributed by atoms with Crippen molar-refractivity contribution < 1.29 is 9.66 Å². The Morgan fingerprint density at radius 3 is 1.09 bits per heavy atom. The summed E-state index contributed by atoms with van der Waals surface area (Å²) in [4.78, 5) is 0. The third kappa shape index (κ3) is 25.7. The van der Waals surface area contributed by atoms with E-state index in [4.69, 9.17) is 0 Å². The van der Waals surface area contributed by atoms with Gasteiger partial charge in [0, 0.05) is 0 Å². The zero-order valence-corrected chi connectivity index (χ0v) is 25.4. The number of unbranched alkanes of at least 4 members (excludes halogenated alkanes) is 21. The highest BCUT2D eigenvalue weighted by Gasteiger charge is 2.31. The Labute approximate surface area is 225 Å². The molecule has 0 fully saturated rings. The van der Waals surface area contributed by atoms with Gasteiger partial charge in [0.15, 0.2) is 0 Å². The molecule has 2 nitrogen and oxygen atoms in total. The largest absolute Gasteiger partial charge is 0.616 e. The number of hydrogen-bond acceptors (Lipinski definition) is 2. The van der Waals surface area contributed by atoms with Gasteiger partial charge in [-0.15, -0.1) is 0 Å². The molecule has 0 heterocycles. The summed E-state index contributed by atoms with van der Waals surface area (Å²) in [6.45, 7) is 6.80. The summed E-state index contributed by atoms with van der Waals surface area (Å²) in [6.07, 6.45) is 32.7. The highest BCUT2D eigenvalue weighted by molar-refractivity contribution is 7.91. The van der Waals surface area contributed by atoms with Gasteiger partial charge in [-0.2, -0.15) is 0 Å². The molecule has 2 unspecified atom stereocenters. The van der Waals surface area contributed by atoms with E-state index in [0.717, 1.165) is 37.9 Å². The second-order valence-corrected chi connectivity index (χ2v) is 13.0. The van der Waals surface area contributed by atoms with Crippen molar-refractivity contribution in [2.45, 2.75) is 193 Å². The predicted molar refractivity (Wildman–Crippen MR) is 160 cm³/mol. The highest BCUT2D eigenvalue weighted by Crippen LogP contribution is 2.26. The monoisotopic (exact) mass is 514 g/mol. The number of aliphatic hydroxyl groups is 1. The molecular formula is C32H66O2S. The Morgan fingerprint density at radius 1 is 0.457 bits per heavy atom. The Bertz CT molecular complexity index is 403. The lowest BCUT2D eigenvalue weighted by Crippen LogP contribution is -2.38. The van der Waals surface area contributed by atoms with Crippen LogP contribution in [-0.2, 0) is 11.2 Å². The topological polar surface area (TPSA) is 43.3 Å². The summed E-state index contributed by atoms with van der Waals surface area (Å²) in [7, 11) is 0. The molecule has 0 spiro atoms. The van der Waals surface area contributed by atoms with E-state index in [1.165, 1.54) is 135 Å². The van der Waals surface area contributed by atoms with E-state index < -0.39 is 16.8 Å². The zero-order valence-electron chi connectivity index (χ0n) is 24.6. The van der Waals surface area contributed by atoms with Crippen LogP contribution in [0.15, 0.2) is 0 Å². The second-order valence-electron chi connectivity index (χ2n) is 11.4. The van der Waals surface area contributed by atoms with Gasteiger partial charge in [-0.05, 0) is 25.7 Å². The standard InChI is InChI=1S/C32H66O2S/c1-4-7-10-13-16-18-19-21-24-27-30-35(34)31-32(33,28-25-22-15-12-9-6-3)29-26-23-20-17-14-11-8-5-2/h33H,4-31H2,1-3H3. The van der Waals surface area contributed by atoms with Gasteiger partial charge in [-0.1, -0.05) is 173 Å². The predicted octanol–water partition coefficient (Wildman–Crippen LogP) is 10.7. The fourth-order valence-electron chi connectivity index (χ4n) is 5.21. The van der Waals surface area contributed by atoms with E-state index in [-0.39, 0.29) is 0 Å². The van der Waals surface area contributed by atoms with Gasteiger partial charge in [0.25, 0.3) is 0 Å². The first-order valence-electron chi connectivity index (χ1n) is 16.1. The molecular weight excluding hydrogens is 448 g/mol. The molecule has 35 heavy (non-hydrogen) atoms. The molecule has 0 aromatic rings. The molecule has 0 aromatic carbocycles. The van der Waals surface area contributed by atoms with Crippen molar-refractivity contribution in [3.63, 3.8) is 0 Å². The van der Waals surface area contributed by atoms with Crippen molar-refractivity contribution in [1.82, 2.24) is 0 Å². The summed E-state index contributed by atoms with van der Waals surface area (Å²) in [5.74, 6) is 1.29. The lowest BCUT2D eigenvalue weighted by atomic mass is 9.91. The summed E-state index contributed by atoms with van der Waals surface area (Å²) in [5.41, 5.74) is -0.698. The van der Waals surface area contributed by atoms with Crippen LogP contribution in [0.25, 0.3) is 0 Å². The third-order valence-corrected chi connectivity index (χ3v) is 9.25. The van der Waals surface area contributed by atoms with Gasteiger partial charge in [-0.25, -0.2) is 0 Å². The molecule has 0 saturated carbocycles. The van der Waals surface area contributed by atoms with Gasteiger partial charge >= 0.3 is 0 Å². The minimum Gasteiger partial charge on any atom is -0.616 e. The molecule has 0 rings (SSSR count). The van der Waals surface area contributed by atoms with Crippen LogP contribution in [0.3, 0.4) is 0 Å². The highest BCUT2D eigenvalue weighted by atomic mass is 32.2. The Kier molecular flexibility index (Phi) is 27.5. The molecule has 1 N–H and O–H groups in total. The quantitative estimate of drug-likeness (QED) is 0.0796. The van der Waals surface area contributed by atoms with E-state index in [1.54, 1.807) is 0 Å². The summed E-state index contributed by atoms with van der Waals surface area (Å²) in [5, 5.41) is 11.4. The van der Waals surface area contributed by atoms with Gasteiger partial charge in [0.05, 0.1) is 0 Å². The molecule has 0 saturated heterocycles. The first-order valence-corrected chi connectivity index (χ1v) is 17.6. The van der Waals surface area contributed by atoms with Gasteiger partial charge in [-0.3, -0.25) is 0 Å². The maximum absolute atomic E-state index is 12.9. The van der Waals surface area contributed by atoms with Crippen LogP contribution < -0.4 is 0 Å². The molecule has 0 aliphatic carbocycles. The zero-order chi connectivity index (χ0) is 25.9. The van der Waals surface area contributed by atoms with Gasteiger partial charge in [0.2, 0.25) is 0 Å². The summed E-state index contributed by atoms with van der Waals surface area (Å²) >= 11 is -0.875. The average Bonchev–Trinajstić information content (AvgIpc) is 2.84. The van der Waals surface area contributed by atoms with Crippen LogP contribution in [-0.4, -0.2) is 26.8 Å². The van der Waals surface area contributed by atoms with E-state index in [2.05, 4.69) is 20.8 Å². The Hall–Kier alpha value is 0.270. The molecule has 0 bridgehead atoms. The lowest BCUT2D eigenvalue weighted by Gasteiger charge is -2.29. The molecule has 0 aliphatic rings. The molecule has 2 atom stereocenters. The summed E-state index contributed by atoms with van der Waals surface area (Å²) < 4.78 is 12.9. The van der Waals surface area contributed by atoms with Crippen molar-refractivity contribution in [1.29, 1.82) is 0 Å². The van der Waals surface area contributed by atoms with Crippen LogP contribution in [0.4, 0.5) is 0 Å². The fraction of sp³-hybridized carbons (Fsp3) is 1.00. The Balaban J connectivity index is 4.14. The number of rotatable bonds is 29. The number of hydrogen-bond donors (Lipinski definition) is 1. The maximum atomic E-state index is 12.9. The van der Waals surface area contributed by atoms with Crippen LogP contribution in [0, 0.1) is 0 Å². The first kappa shape index (κ1) is 35.3. The van der Waals surface area contributed by atoms with E-state index in [9.17, 15) is 9.66 Å². The Morgan fingerprint density at radius 2 is 0.743 bits per heavy atom. The SMILES string of the molecule is CCCCCCCCCCCC[S+]([O-])CC(O)(CCCCCCCC)CCCCCCCCCC.